The van der Waals surface area contributed by atoms with Gasteiger partial charge in [0.15, 0.2) is 5.82 Å². The van der Waals surface area contributed by atoms with E-state index in [1.54, 1.807) is 29.2 Å². The van der Waals surface area contributed by atoms with E-state index in [-0.39, 0.29) is 11.7 Å². The number of hydrogen-bond donors (Lipinski definition) is 0. The molecule has 34 heavy (non-hydrogen) atoms. The molecule has 1 amide bonds. The van der Waals surface area contributed by atoms with Crippen molar-refractivity contribution in [2.75, 3.05) is 11.4 Å². The van der Waals surface area contributed by atoms with E-state index in [1.165, 1.54) is 11.4 Å². The van der Waals surface area contributed by atoms with Crippen LogP contribution in [-0.4, -0.2) is 33.0 Å². The minimum absolute atomic E-state index is 0.191. The number of rotatable bonds is 5. The molecule has 0 saturated heterocycles. The fraction of sp³-hybridized carbons (Fsp3) is 0.208. The number of esters is 1. The lowest BCUT2D eigenvalue weighted by Crippen LogP contribution is -2.33. The maximum atomic E-state index is 13.4. The van der Waals surface area contributed by atoms with Crippen molar-refractivity contribution in [3.8, 4) is 17.1 Å². The minimum Gasteiger partial charge on any atom is -0.426 e. The number of thiazole rings is 1. The van der Waals surface area contributed by atoms with Gasteiger partial charge in [0.05, 0.1) is 16.8 Å². The second kappa shape index (κ2) is 8.77. The second-order valence-corrected chi connectivity index (χ2v) is 9.70. The maximum absolute atomic E-state index is 13.4. The zero-order chi connectivity index (χ0) is 24.0. The number of para-hydroxylation sites is 1. The van der Waals surface area contributed by atoms with Crippen molar-refractivity contribution >= 4 is 55.4 Å². The first-order valence-electron chi connectivity index (χ1n) is 10.7. The highest BCUT2D eigenvalue weighted by molar-refractivity contribution is 9.10. The third kappa shape index (κ3) is 3.72. The first kappa shape index (κ1) is 22.4. The van der Waals surface area contributed by atoms with Gasteiger partial charge in [0.1, 0.15) is 10.3 Å². The second-order valence-electron chi connectivity index (χ2n) is 7.80. The van der Waals surface area contributed by atoms with Gasteiger partial charge in [-0.05, 0) is 36.8 Å². The summed E-state index contributed by atoms with van der Waals surface area (Å²) in [7, 11) is 0. The zero-order valence-corrected chi connectivity index (χ0v) is 20.8. The normalized spacial score (nSPS) is 14.7. The number of nitrogens with zero attached hydrogens (tertiary/aromatic N) is 4. The molecule has 0 radical (unpaired) electrons. The van der Waals surface area contributed by atoms with Crippen molar-refractivity contribution in [1.29, 1.82) is 0 Å². The summed E-state index contributed by atoms with van der Waals surface area (Å²) in [6, 6.07) is 12.5. The molecule has 8 nitrogen and oxygen atoms in total. The average molecular weight is 539 g/mol. The molecular weight excluding hydrogens is 520 g/mol. The summed E-state index contributed by atoms with van der Waals surface area (Å²) < 4.78 is 7.58. The molecule has 2 aromatic heterocycles. The monoisotopic (exact) mass is 538 g/mol. The van der Waals surface area contributed by atoms with Gasteiger partial charge in [0.2, 0.25) is 4.96 Å². The summed E-state index contributed by atoms with van der Waals surface area (Å²) in [5.74, 6) is -0.0775. The summed E-state index contributed by atoms with van der Waals surface area (Å²) in [5, 5.41) is 4.37. The minimum atomic E-state index is -0.464. The average Bonchev–Trinajstić information content (AvgIpc) is 3.42. The van der Waals surface area contributed by atoms with Crippen LogP contribution in [0.1, 0.15) is 32.3 Å². The molecule has 0 fully saturated rings. The number of ether oxygens (including phenoxy) is 1. The predicted octanol–water partition coefficient (Wildman–Crippen LogP) is 3.57. The highest BCUT2D eigenvalue weighted by atomic mass is 79.9. The van der Waals surface area contributed by atoms with Crippen molar-refractivity contribution < 1.29 is 14.3 Å². The van der Waals surface area contributed by atoms with Crippen molar-refractivity contribution in [3.63, 3.8) is 0 Å². The first-order chi connectivity index (χ1) is 16.4. The number of benzene rings is 2. The molecule has 0 bridgehead atoms. The summed E-state index contributed by atoms with van der Waals surface area (Å²) in [4.78, 5) is 44.8. The maximum Gasteiger partial charge on any atom is 0.308 e. The molecular formula is C24H19BrN4O4S. The Morgan fingerprint density at radius 3 is 2.68 bits per heavy atom. The molecule has 0 N–H and O–H groups in total. The molecule has 0 spiro atoms. The standard InChI is InChI=1S/C24H19BrN4O4S/c1-3-4-11-28-17-10-9-14(25)12-16(17)19(22(28)31)20-23(32)29-24(34-20)26-21(27-29)15-7-5-6-8-18(15)33-13(2)30/h5-10,12H,3-4,11H2,1-2H3. The van der Waals surface area contributed by atoms with Crippen LogP contribution < -0.4 is 19.7 Å². The Morgan fingerprint density at radius 1 is 1.15 bits per heavy atom. The molecule has 1 aliphatic heterocycles. The molecule has 3 heterocycles. The van der Waals surface area contributed by atoms with E-state index >= 15 is 0 Å². The van der Waals surface area contributed by atoms with E-state index in [0.717, 1.165) is 39.9 Å². The molecule has 5 rings (SSSR count). The molecule has 1 aliphatic rings. The zero-order valence-electron chi connectivity index (χ0n) is 18.4. The SMILES string of the molecule is CCCCN1C(=O)C(=c2sc3nc(-c4ccccc4OC(C)=O)nn3c2=O)c2cc(Br)ccc21. The number of carbonyl (C=O) groups excluding carboxylic acids is 2. The number of anilines is 1. The van der Waals surface area contributed by atoms with Gasteiger partial charge in [-0.15, -0.1) is 5.10 Å². The topological polar surface area (TPSA) is 93.9 Å². The third-order valence-electron chi connectivity index (χ3n) is 5.48. The lowest BCUT2D eigenvalue weighted by Gasteiger charge is -2.16. The van der Waals surface area contributed by atoms with Gasteiger partial charge in [-0.2, -0.15) is 9.50 Å². The van der Waals surface area contributed by atoms with Gasteiger partial charge in [0.25, 0.3) is 11.5 Å². The number of halogens is 1. The fourth-order valence-corrected chi connectivity index (χ4v) is 5.31. The molecule has 2 aromatic carbocycles. The van der Waals surface area contributed by atoms with Crippen molar-refractivity contribution in [3.05, 3.63) is 67.4 Å². The van der Waals surface area contributed by atoms with Crippen LogP contribution in [0.25, 0.3) is 21.9 Å². The lowest BCUT2D eigenvalue weighted by atomic mass is 10.1. The van der Waals surface area contributed by atoms with Crippen LogP contribution in [0.5, 0.6) is 5.75 Å². The summed E-state index contributed by atoms with van der Waals surface area (Å²) in [6.45, 7) is 3.97. The van der Waals surface area contributed by atoms with Gasteiger partial charge in [-0.25, -0.2) is 0 Å². The molecule has 0 atom stereocenters. The van der Waals surface area contributed by atoms with Crippen LogP contribution >= 0.6 is 27.3 Å². The Kier molecular flexibility index (Phi) is 5.78. The summed E-state index contributed by atoms with van der Waals surface area (Å²) in [5.41, 5.74) is 1.98. The fourth-order valence-electron chi connectivity index (χ4n) is 3.96. The number of fused-ring (bicyclic) bond motifs is 2. The van der Waals surface area contributed by atoms with Gasteiger partial charge < -0.3 is 9.64 Å². The molecule has 0 aliphatic carbocycles. The van der Waals surface area contributed by atoms with Gasteiger partial charge >= 0.3 is 5.97 Å². The largest absolute Gasteiger partial charge is 0.426 e. The number of aromatic nitrogens is 3. The molecule has 0 unspecified atom stereocenters. The Morgan fingerprint density at radius 2 is 1.94 bits per heavy atom. The third-order valence-corrected chi connectivity index (χ3v) is 7.00. The molecule has 0 saturated carbocycles. The lowest BCUT2D eigenvalue weighted by molar-refractivity contribution is -0.131. The van der Waals surface area contributed by atoms with E-state index < -0.39 is 11.5 Å². The van der Waals surface area contributed by atoms with E-state index in [4.69, 9.17) is 4.74 Å². The summed E-state index contributed by atoms with van der Waals surface area (Å²) in [6.07, 6.45) is 1.81. The van der Waals surface area contributed by atoms with E-state index in [2.05, 4.69) is 32.9 Å². The van der Waals surface area contributed by atoms with Crippen LogP contribution in [0.3, 0.4) is 0 Å². The van der Waals surface area contributed by atoms with Crippen LogP contribution in [0.15, 0.2) is 51.7 Å². The van der Waals surface area contributed by atoms with Crippen molar-refractivity contribution in [2.24, 2.45) is 0 Å². The number of hydrogen-bond acceptors (Lipinski definition) is 7. The Balaban J connectivity index is 1.68. The smallest absolute Gasteiger partial charge is 0.308 e. The molecule has 4 aromatic rings. The Hall–Kier alpha value is -3.37. The molecule has 172 valence electrons. The highest BCUT2D eigenvalue weighted by Gasteiger charge is 2.34. The van der Waals surface area contributed by atoms with Crippen LogP contribution in [-0.2, 0) is 9.59 Å². The van der Waals surface area contributed by atoms with Crippen molar-refractivity contribution in [2.45, 2.75) is 26.7 Å². The van der Waals surface area contributed by atoms with Gasteiger partial charge in [-0.1, -0.05) is 52.7 Å². The van der Waals surface area contributed by atoms with Crippen LogP contribution in [0.4, 0.5) is 5.69 Å². The van der Waals surface area contributed by atoms with E-state index in [0.29, 0.717) is 32.9 Å². The summed E-state index contributed by atoms with van der Waals surface area (Å²) >= 11 is 4.60. The number of carbonyl (C=O) groups is 2. The quantitative estimate of drug-likeness (QED) is 0.285. The Labute approximate surface area is 206 Å². The van der Waals surface area contributed by atoms with Crippen LogP contribution in [0, 0.1) is 0 Å². The van der Waals surface area contributed by atoms with Crippen molar-refractivity contribution in [1.82, 2.24) is 14.6 Å². The molecule has 10 heteroatoms. The first-order valence-corrected chi connectivity index (χ1v) is 12.3. The highest BCUT2D eigenvalue weighted by Crippen LogP contribution is 2.37. The van der Waals surface area contributed by atoms with E-state index in [1.807, 2.05) is 18.2 Å². The Bertz CT molecular complexity index is 1580. The van der Waals surface area contributed by atoms with Gasteiger partial charge in [-0.3, -0.25) is 14.4 Å². The van der Waals surface area contributed by atoms with E-state index in [9.17, 15) is 14.4 Å². The van der Waals surface area contributed by atoms with Crippen LogP contribution in [0.2, 0.25) is 0 Å². The predicted molar refractivity (Wildman–Crippen MR) is 133 cm³/mol. The number of unbranched alkanes of at least 4 members (excludes halogenated alkanes) is 1. The number of amides is 1. The van der Waals surface area contributed by atoms with Gasteiger partial charge in [0, 0.05) is 23.5 Å².